The highest BCUT2D eigenvalue weighted by molar-refractivity contribution is 5.85. The second-order valence-corrected chi connectivity index (χ2v) is 3.49. The van der Waals surface area contributed by atoms with Gasteiger partial charge < -0.3 is 10.8 Å². The first-order valence-electron chi connectivity index (χ1n) is 3.88. The molecule has 0 radical (unpaired) electrons. The van der Waals surface area contributed by atoms with E-state index in [9.17, 15) is 4.79 Å². The average Bonchev–Trinajstić information content (AvgIpc) is 1.88. The number of carbonyl (C=O) groups is 1. The highest BCUT2D eigenvalue weighted by Gasteiger charge is 2.32. The van der Waals surface area contributed by atoms with Crippen LogP contribution in [0.15, 0.2) is 0 Å². The first-order chi connectivity index (χ1) is 4.95. The summed E-state index contributed by atoms with van der Waals surface area (Å²) in [6.45, 7) is 6.05. The normalized spacial score (nSPS) is 13.3. The SMILES string of the molecule is CCC(C(=O)O)C(C)(C)CN.Cl. The van der Waals surface area contributed by atoms with Gasteiger partial charge in [-0.25, -0.2) is 0 Å². The number of rotatable bonds is 4. The van der Waals surface area contributed by atoms with E-state index < -0.39 is 5.97 Å². The predicted octanol–water partition coefficient (Wildman–Crippen LogP) is 1.50. The van der Waals surface area contributed by atoms with Crippen LogP contribution in [0.5, 0.6) is 0 Å². The second kappa shape index (κ2) is 5.38. The van der Waals surface area contributed by atoms with Crippen LogP contribution in [-0.4, -0.2) is 17.6 Å². The summed E-state index contributed by atoms with van der Waals surface area (Å²) >= 11 is 0. The molecule has 0 aliphatic heterocycles. The smallest absolute Gasteiger partial charge is 0.307 e. The van der Waals surface area contributed by atoms with Crippen molar-refractivity contribution < 1.29 is 9.90 Å². The van der Waals surface area contributed by atoms with E-state index in [1.807, 2.05) is 20.8 Å². The van der Waals surface area contributed by atoms with Gasteiger partial charge in [-0.3, -0.25) is 4.79 Å². The molecule has 0 fully saturated rings. The molecule has 1 atom stereocenters. The first kappa shape index (κ1) is 14.3. The number of hydrogen-bond donors (Lipinski definition) is 2. The van der Waals surface area contributed by atoms with Gasteiger partial charge in [-0.05, 0) is 18.4 Å². The van der Waals surface area contributed by atoms with Crippen molar-refractivity contribution in [3.63, 3.8) is 0 Å². The van der Waals surface area contributed by atoms with Crippen LogP contribution in [0.1, 0.15) is 27.2 Å². The Morgan fingerprint density at radius 1 is 1.58 bits per heavy atom. The molecule has 12 heavy (non-hydrogen) atoms. The summed E-state index contributed by atoms with van der Waals surface area (Å²) in [6, 6.07) is 0. The molecule has 3 nitrogen and oxygen atoms in total. The molecule has 0 aliphatic rings. The van der Waals surface area contributed by atoms with Crippen LogP contribution >= 0.6 is 12.4 Å². The van der Waals surface area contributed by atoms with Gasteiger partial charge in [0.2, 0.25) is 0 Å². The van der Waals surface area contributed by atoms with Gasteiger partial charge in [0.1, 0.15) is 0 Å². The molecule has 0 saturated heterocycles. The number of hydrogen-bond acceptors (Lipinski definition) is 2. The minimum atomic E-state index is -0.747. The second-order valence-electron chi connectivity index (χ2n) is 3.49. The number of carboxylic acids is 1. The highest BCUT2D eigenvalue weighted by atomic mass is 35.5. The Kier molecular flexibility index (Phi) is 6.39. The summed E-state index contributed by atoms with van der Waals surface area (Å²) in [5.74, 6) is -1.07. The molecule has 0 spiro atoms. The minimum Gasteiger partial charge on any atom is -0.481 e. The molecule has 0 rings (SSSR count). The van der Waals surface area contributed by atoms with Crippen LogP contribution in [0.25, 0.3) is 0 Å². The van der Waals surface area contributed by atoms with Gasteiger partial charge in [0, 0.05) is 0 Å². The summed E-state index contributed by atoms with van der Waals surface area (Å²) < 4.78 is 0. The van der Waals surface area contributed by atoms with E-state index in [0.717, 1.165) is 0 Å². The highest BCUT2D eigenvalue weighted by Crippen LogP contribution is 2.27. The molecule has 0 bridgehead atoms. The summed E-state index contributed by atoms with van der Waals surface area (Å²) in [5.41, 5.74) is 5.17. The van der Waals surface area contributed by atoms with Crippen molar-refractivity contribution in [3.8, 4) is 0 Å². The van der Waals surface area contributed by atoms with Crippen molar-refractivity contribution >= 4 is 18.4 Å². The molecule has 0 aromatic rings. The maximum absolute atomic E-state index is 10.7. The van der Waals surface area contributed by atoms with Crippen LogP contribution in [-0.2, 0) is 4.79 Å². The van der Waals surface area contributed by atoms with Gasteiger partial charge in [-0.1, -0.05) is 20.8 Å². The third kappa shape index (κ3) is 3.41. The summed E-state index contributed by atoms with van der Waals surface area (Å²) in [5, 5.41) is 8.78. The number of carboxylic acid groups (broad SMARTS) is 1. The van der Waals surface area contributed by atoms with Crippen molar-refractivity contribution in [3.05, 3.63) is 0 Å². The van der Waals surface area contributed by atoms with Crippen molar-refractivity contribution in [1.82, 2.24) is 0 Å². The number of aliphatic carboxylic acids is 1. The van der Waals surface area contributed by atoms with Gasteiger partial charge in [0.25, 0.3) is 0 Å². The lowest BCUT2D eigenvalue weighted by Crippen LogP contribution is -2.36. The zero-order valence-corrected chi connectivity index (χ0v) is 8.65. The van der Waals surface area contributed by atoms with E-state index in [4.69, 9.17) is 10.8 Å². The van der Waals surface area contributed by atoms with Crippen LogP contribution in [0.3, 0.4) is 0 Å². The third-order valence-corrected chi connectivity index (χ3v) is 2.18. The van der Waals surface area contributed by atoms with Gasteiger partial charge in [0.05, 0.1) is 5.92 Å². The Labute approximate surface area is 79.7 Å². The van der Waals surface area contributed by atoms with E-state index in [1.165, 1.54) is 0 Å². The molecule has 0 aromatic heterocycles. The molecule has 4 heteroatoms. The predicted molar refractivity (Wildman–Crippen MR) is 51.5 cm³/mol. The molecule has 0 heterocycles. The van der Waals surface area contributed by atoms with E-state index in [0.29, 0.717) is 13.0 Å². The van der Waals surface area contributed by atoms with Crippen molar-refractivity contribution in [2.24, 2.45) is 17.1 Å². The Morgan fingerprint density at radius 3 is 2.08 bits per heavy atom. The summed E-state index contributed by atoms with van der Waals surface area (Å²) in [6.07, 6.45) is 0.638. The van der Waals surface area contributed by atoms with Gasteiger partial charge in [0.15, 0.2) is 0 Å². The van der Waals surface area contributed by atoms with Crippen LogP contribution in [0.2, 0.25) is 0 Å². The fraction of sp³-hybridized carbons (Fsp3) is 0.875. The van der Waals surface area contributed by atoms with Crippen molar-refractivity contribution in [1.29, 1.82) is 0 Å². The lowest BCUT2D eigenvalue weighted by atomic mass is 9.77. The van der Waals surface area contributed by atoms with Crippen LogP contribution in [0, 0.1) is 11.3 Å². The van der Waals surface area contributed by atoms with Gasteiger partial charge in [-0.15, -0.1) is 12.4 Å². The minimum absolute atomic E-state index is 0. The van der Waals surface area contributed by atoms with Gasteiger partial charge in [-0.2, -0.15) is 0 Å². The maximum atomic E-state index is 10.7. The van der Waals surface area contributed by atoms with Crippen molar-refractivity contribution in [2.75, 3.05) is 6.54 Å². The Hall–Kier alpha value is -0.280. The zero-order valence-electron chi connectivity index (χ0n) is 7.83. The molecule has 1 unspecified atom stereocenters. The van der Waals surface area contributed by atoms with Crippen LogP contribution < -0.4 is 5.73 Å². The third-order valence-electron chi connectivity index (χ3n) is 2.18. The molecule has 0 amide bonds. The summed E-state index contributed by atoms with van der Waals surface area (Å²) in [4.78, 5) is 10.7. The van der Waals surface area contributed by atoms with Gasteiger partial charge >= 0.3 is 5.97 Å². The maximum Gasteiger partial charge on any atom is 0.307 e. The monoisotopic (exact) mass is 195 g/mol. The number of nitrogens with two attached hydrogens (primary N) is 1. The Morgan fingerprint density at radius 2 is 2.00 bits per heavy atom. The van der Waals surface area contributed by atoms with Crippen molar-refractivity contribution in [2.45, 2.75) is 27.2 Å². The molecule has 3 N–H and O–H groups in total. The van der Waals surface area contributed by atoms with E-state index >= 15 is 0 Å². The Bertz CT molecular complexity index is 148. The molecular weight excluding hydrogens is 178 g/mol. The standard InChI is InChI=1S/C8H17NO2.ClH/c1-4-6(7(10)11)8(2,3)5-9;/h6H,4-5,9H2,1-3H3,(H,10,11);1H. The lowest BCUT2D eigenvalue weighted by molar-refractivity contribution is -0.145. The van der Waals surface area contributed by atoms with Crippen LogP contribution in [0.4, 0.5) is 0 Å². The average molecular weight is 196 g/mol. The number of halogens is 1. The quantitative estimate of drug-likeness (QED) is 0.715. The molecule has 0 aliphatic carbocycles. The molecule has 74 valence electrons. The zero-order chi connectivity index (χ0) is 9.07. The molecule has 0 aromatic carbocycles. The topological polar surface area (TPSA) is 63.3 Å². The van der Waals surface area contributed by atoms with E-state index in [-0.39, 0.29) is 23.7 Å². The fourth-order valence-corrected chi connectivity index (χ4v) is 1.20. The molecular formula is C8H18ClNO2. The Balaban J connectivity index is 0. The van der Waals surface area contributed by atoms with E-state index in [1.54, 1.807) is 0 Å². The molecule has 0 saturated carbocycles. The summed E-state index contributed by atoms with van der Waals surface area (Å²) in [7, 11) is 0. The van der Waals surface area contributed by atoms with E-state index in [2.05, 4.69) is 0 Å². The largest absolute Gasteiger partial charge is 0.481 e. The lowest BCUT2D eigenvalue weighted by Gasteiger charge is -2.28. The fourth-order valence-electron chi connectivity index (χ4n) is 1.20. The first-order valence-corrected chi connectivity index (χ1v) is 3.88.